The number of rotatable bonds is 10. The molecule has 0 bridgehead atoms. The topological polar surface area (TPSA) is 170 Å². The van der Waals surface area contributed by atoms with Gasteiger partial charge in [-0.2, -0.15) is 0 Å². The molecule has 0 radical (unpaired) electrons. The van der Waals surface area contributed by atoms with Gasteiger partial charge in [0, 0.05) is 30.2 Å². The van der Waals surface area contributed by atoms with Crippen molar-refractivity contribution in [3.8, 4) is 39.6 Å². The van der Waals surface area contributed by atoms with Crippen molar-refractivity contribution in [3.05, 3.63) is 95.2 Å². The van der Waals surface area contributed by atoms with E-state index in [1.807, 2.05) is 13.8 Å². The zero-order valence-electron chi connectivity index (χ0n) is 27.5. The number of aromatic nitrogens is 1. The molecule has 1 unspecified atom stereocenters. The van der Waals surface area contributed by atoms with E-state index in [1.54, 1.807) is 54.6 Å². The van der Waals surface area contributed by atoms with Crippen LogP contribution in [0.2, 0.25) is 0 Å². The SMILES string of the molecule is CCOc1cc(C(=O)C2C(=O)c3cc(-c4ccc(C(N)=O)cn4)ccc3OC23CCNCC3)cc(OCC)c1-c1ccc(C(=O)[O-])cc1.[Na+]. The standard InChI is InChI=1S/C37H35N3O8.Na/c1-3-46-29-18-25(19-30(47-4-2)31(29)21-5-7-22(8-6-21)36(44)45)33(41)32-34(42)26-17-23(27-11-9-24(20-40-27)35(38)43)10-12-28(26)48-37(32)13-15-39-16-14-37;/h5-12,17-20,32,39H,3-4,13-16H2,1-2H3,(H2,38,43)(H,44,45);/q;+1/p-1. The van der Waals surface area contributed by atoms with Crippen LogP contribution in [0.5, 0.6) is 17.2 Å². The zero-order chi connectivity index (χ0) is 34.0. The molecule has 49 heavy (non-hydrogen) atoms. The first-order valence-electron chi connectivity index (χ1n) is 15.8. The number of carbonyl (C=O) groups is 4. The van der Waals surface area contributed by atoms with Crippen molar-refractivity contribution < 1.29 is 68.1 Å². The van der Waals surface area contributed by atoms with Gasteiger partial charge in [0.2, 0.25) is 5.91 Å². The smallest absolute Gasteiger partial charge is 0.545 e. The van der Waals surface area contributed by atoms with Crippen molar-refractivity contribution in [1.29, 1.82) is 0 Å². The predicted molar refractivity (Wildman–Crippen MR) is 174 cm³/mol. The summed E-state index contributed by atoms with van der Waals surface area (Å²) in [4.78, 5) is 56.4. The van der Waals surface area contributed by atoms with Gasteiger partial charge in [-0.25, -0.2) is 0 Å². The van der Waals surface area contributed by atoms with E-state index in [0.29, 0.717) is 65.6 Å². The molecule has 4 aromatic rings. The van der Waals surface area contributed by atoms with E-state index in [9.17, 15) is 24.3 Å². The normalized spacial score (nSPS) is 16.1. The minimum absolute atomic E-state index is 0. The summed E-state index contributed by atoms with van der Waals surface area (Å²) in [5, 5.41) is 14.7. The number of fused-ring (bicyclic) bond motifs is 1. The summed E-state index contributed by atoms with van der Waals surface area (Å²) in [6, 6.07) is 17.7. The number of nitrogens with two attached hydrogens (primary N) is 1. The number of hydrogen-bond donors (Lipinski definition) is 2. The third-order valence-corrected chi connectivity index (χ3v) is 8.76. The molecule has 1 aromatic heterocycles. The number of piperidine rings is 1. The van der Waals surface area contributed by atoms with Crippen LogP contribution in [0, 0.1) is 5.92 Å². The Kier molecular flexibility index (Phi) is 10.9. The number of Topliss-reactive ketones (excluding diaryl/α,β-unsaturated/α-hetero) is 2. The van der Waals surface area contributed by atoms with E-state index in [4.69, 9.17) is 19.9 Å². The summed E-state index contributed by atoms with van der Waals surface area (Å²) in [7, 11) is 0. The number of ether oxygens (including phenoxy) is 3. The Morgan fingerprint density at radius 2 is 1.51 bits per heavy atom. The molecule has 2 aliphatic rings. The van der Waals surface area contributed by atoms with Crippen molar-refractivity contribution in [3.63, 3.8) is 0 Å². The molecule has 1 atom stereocenters. The Hall–Kier alpha value is -4.55. The number of primary amides is 1. The number of carboxylic acids is 1. The van der Waals surface area contributed by atoms with Crippen molar-refractivity contribution >= 4 is 23.4 Å². The van der Waals surface area contributed by atoms with E-state index in [0.717, 1.165) is 0 Å². The molecule has 1 amide bonds. The summed E-state index contributed by atoms with van der Waals surface area (Å²) in [6.07, 6.45) is 2.25. The van der Waals surface area contributed by atoms with Crippen LogP contribution >= 0.6 is 0 Å². The summed E-state index contributed by atoms with van der Waals surface area (Å²) in [5.74, 6) is -2.75. The molecule has 3 N–H and O–H groups in total. The first kappa shape index (κ1) is 35.7. The number of nitrogens with one attached hydrogen (secondary N) is 1. The van der Waals surface area contributed by atoms with E-state index in [2.05, 4.69) is 10.3 Å². The fraction of sp³-hybridized carbons (Fsp3) is 0.270. The van der Waals surface area contributed by atoms with Crippen LogP contribution < -0.4 is 59.9 Å². The average Bonchev–Trinajstić information content (AvgIpc) is 3.09. The second-order valence-electron chi connectivity index (χ2n) is 11.7. The molecule has 246 valence electrons. The van der Waals surface area contributed by atoms with E-state index >= 15 is 0 Å². The largest absolute Gasteiger partial charge is 1.00 e. The maximum Gasteiger partial charge on any atom is 1.00 e. The van der Waals surface area contributed by atoms with E-state index in [1.165, 1.54) is 18.3 Å². The van der Waals surface area contributed by atoms with Gasteiger partial charge < -0.3 is 35.2 Å². The summed E-state index contributed by atoms with van der Waals surface area (Å²) in [6.45, 7) is 5.31. The molecule has 2 aliphatic heterocycles. The van der Waals surface area contributed by atoms with Crippen molar-refractivity contribution in [2.45, 2.75) is 32.3 Å². The number of carbonyl (C=O) groups excluding carboxylic acids is 4. The molecule has 12 heteroatoms. The van der Waals surface area contributed by atoms with Gasteiger partial charge in [0.25, 0.3) is 0 Å². The summed E-state index contributed by atoms with van der Waals surface area (Å²) < 4.78 is 18.7. The van der Waals surface area contributed by atoms with E-state index < -0.39 is 29.2 Å². The molecule has 3 heterocycles. The fourth-order valence-corrected chi connectivity index (χ4v) is 6.45. The molecular weight excluding hydrogens is 637 g/mol. The fourth-order valence-electron chi connectivity index (χ4n) is 6.45. The van der Waals surface area contributed by atoms with Gasteiger partial charge in [0.05, 0.1) is 41.6 Å². The van der Waals surface area contributed by atoms with Crippen molar-refractivity contribution in [2.24, 2.45) is 11.7 Å². The Labute approximate surface area is 305 Å². The molecule has 0 aliphatic carbocycles. The number of hydrogen-bond acceptors (Lipinski definition) is 10. The van der Waals surface area contributed by atoms with Gasteiger partial charge in [-0.15, -0.1) is 0 Å². The summed E-state index contributed by atoms with van der Waals surface area (Å²) >= 11 is 0. The molecule has 6 rings (SSSR count). The van der Waals surface area contributed by atoms with Gasteiger partial charge in [0.1, 0.15) is 28.8 Å². The van der Waals surface area contributed by atoms with Crippen LogP contribution in [-0.2, 0) is 0 Å². The maximum absolute atomic E-state index is 14.7. The second-order valence-corrected chi connectivity index (χ2v) is 11.7. The molecule has 1 fully saturated rings. The first-order valence-corrected chi connectivity index (χ1v) is 15.8. The van der Waals surface area contributed by atoms with Crippen LogP contribution in [0.1, 0.15) is 68.1 Å². The molecule has 0 saturated carbocycles. The Balaban J connectivity index is 0.00000468. The van der Waals surface area contributed by atoms with E-state index in [-0.39, 0.29) is 70.8 Å². The Morgan fingerprint density at radius 1 is 0.898 bits per heavy atom. The number of carboxylic acid groups (broad SMARTS) is 1. The predicted octanol–water partition coefficient (Wildman–Crippen LogP) is 0.876. The van der Waals surface area contributed by atoms with Gasteiger partial charge in [-0.1, -0.05) is 24.3 Å². The van der Waals surface area contributed by atoms with Crippen LogP contribution in [0.25, 0.3) is 22.4 Å². The molecule has 1 spiro atoms. The maximum atomic E-state index is 14.7. The summed E-state index contributed by atoms with van der Waals surface area (Å²) in [5.41, 5.74) is 7.35. The molecular formula is C37H34N3NaO8. The van der Waals surface area contributed by atoms with Crippen LogP contribution in [0.4, 0.5) is 0 Å². The molecule has 11 nitrogen and oxygen atoms in total. The number of amides is 1. The second kappa shape index (κ2) is 14.9. The van der Waals surface area contributed by atoms with Crippen LogP contribution in [0.3, 0.4) is 0 Å². The van der Waals surface area contributed by atoms with Gasteiger partial charge in [0.15, 0.2) is 11.6 Å². The van der Waals surface area contributed by atoms with Crippen molar-refractivity contribution in [2.75, 3.05) is 26.3 Å². The van der Waals surface area contributed by atoms with Crippen molar-refractivity contribution in [1.82, 2.24) is 10.3 Å². The van der Waals surface area contributed by atoms with Gasteiger partial charge >= 0.3 is 29.6 Å². The average molecular weight is 672 g/mol. The third-order valence-electron chi connectivity index (χ3n) is 8.76. The Morgan fingerprint density at radius 3 is 2.06 bits per heavy atom. The van der Waals surface area contributed by atoms with Crippen LogP contribution in [0.15, 0.2) is 72.9 Å². The van der Waals surface area contributed by atoms with Crippen LogP contribution in [-0.4, -0.2) is 60.3 Å². The number of aromatic carboxylic acids is 1. The first-order chi connectivity index (χ1) is 23.2. The van der Waals surface area contributed by atoms with Gasteiger partial charge in [-0.3, -0.25) is 19.4 Å². The number of pyridine rings is 1. The third kappa shape index (κ3) is 6.98. The molecule has 3 aromatic carbocycles. The minimum atomic E-state index is -1.30. The molecule has 1 saturated heterocycles. The minimum Gasteiger partial charge on any atom is -0.545 e. The number of benzene rings is 3. The quantitative estimate of drug-likeness (QED) is 0.140. The monoisotopic (exact) mass is 671 g/mol. The zero-order valence-corrected chi connectivity index (χ0v) is 29.5. The number of ketones is 2. The number of nitrogens with zero attached hydrogens (tertiary/aromatic N) is 1. The van der Waals surface area contributed by atoms with Gasteiger partial charge in [-0.05, 0) is 80.5 Å². The Bertz CT molecular complexity index is 1880.